The quantitative estimate of drug-likeness (QED) is 0.453. The van der Waals surface area contributed by atoms with Crippen LogP contribution in [0.1, 0.15) is 49.1 Å². The second kappa shape index (κ2) is 9.91. The molecular weight excluding hydrogens is 328 g/mol. The SMILES string of the molecule is CCCc1cc(CCC)nc(N(Cc2ccccc2)Cc2ccccc2)c1. The summed E-state index contributed by atoms with van der Waals surface area (Å²) in [7, 11) is 0. The molecule has 2 aromatic carbocycles. The molecule has 2 heteroatoms. The average molecular weight is 359 g/mol. The molecule has 2 nitrogen and oxygen atoms in total. The zero-order chi connectivity index (χ0) is 18.9. The van der Waals surface area contributed by atoms with E-state index in [0.29, 0.717) is 0 Å². The molecule has 0 unspecified atom stereocenters. The molecule has 3 rings (SSSR count). The number of hydrogen-bond donors (Lipinski definition) is 0. The Morgan fingerprint density at radius 2 is 1.22 bits per heavy atom. The van der Waals surface area contributed by atoms with Crippen LogP contribution in [0.3, 0.4) is 0 Å². The topological polar surface area (TPSA) is 16.1 Å². The van der Waals surface area contributed by atoms with E-state index in [1.54, 1.807) is 0 Å². The van der Waals surface area contributed by atoms with Crippen molar-refractivity contribution in [2.75, 3.05) is 4.90 Å². The molecule has 0 saturated heterocycles. The van der Waals surface area contributed by atoms with E-state index in [1.807, 2.05) is 0 Å². The van der Waals surface area contributed by atoms with Gasteiger partial charge in [0.05, 0.1) is 0 Å². The predicted octanol–water partition coefficient (Wildman–Crippen LogP) is 6.19. The van der Waals surface area contributed by atoms with Gasteiger partial charge < -0.3 is 4.90 Å². The molecule has 0 N–H and O–H groups in total. The highest BCUT2D eigenvalue weighted by molar-refractivity contribution is 5.45. The molecule has 0 aliphatic heterocycles. The highest BCUT2D eigenvalue weighted by Crippen LogP contribution is 2.22. The maximum atomic E-state index is 5.02. The summed E-state index contributed by atoms with van der Waals surface area (Å²) in [6, 6.07) is 25.9. The smallest absolute Gasteiger partial charge is 0.129 e. The summed E-state index contributed by atoms with van der Waals surface area (Å²) < 4.78 is 0. The average Bonchev–Trinajstić information content (AvgIpc) is 2.69. The van der Waals surface area contributed by atoms with Gasteiger partial charge in [0, 0.05) is 18.8 Å². The Morgan fingerprint density at radius 1 is 0.667 bits per heavy atom. The summed E-state index contributed by atoms with van der Waals surface area (Å²) in [6.45, 7) is 6.19. The van der Waals surface area contributed by atoms with Crippen LogP contribution in [0, 0.1) is 0 Å². The zero-order valence-electron chi connectivity index (χ0n) is 16.6. The summed E-state index contributed by atoms with van der Waals surface area (Å²) in [4.78, 5) is 7.43. The molecule has 1 aromatic heterocycles. The van der Waals surface area contributed by atoms with Crippen molar-refractivity contribution in [3.05, 3.63) is 95.2 Å². The van der Waals surface area contributed by atoms with Crippen molar-refractivity contribution in [3.63, 3.8) is 0 Å². The Morgan fingerprint density at radius 3 is 1.74 bits per heavy atom. The normalized spacial score (nSPS) is 10.7. The van der Waals surface area contributed by atoms with Crippen LogP contribution in [-0.4, -0.2) is 4.98 Å². The number of nitrogens with zero attached hydrogens (tertiary/aromatic N) is 2. The fraction of sp³-hybridized carbons (Fsp3) is 0.320. The molecule has 0 amide bonds. The highest BCUT2D eigenvalue weighted by atomic mass is 15.2. The number of rotatable bonds is 9. The first-order valence-electron chi connectivity index (χ1n) is 10.1. The molecule has 0 radical (unpaired) electrons. The third-order valence-corrected chi connectivity index (χ3v) is 4.73. The van der Waals surface area contributed by atoms with Crippen molar-refractivity contribution in [3.8, 4) is 0 Å². The van der Waals surface area contributed by atoms with Crippen LogP contribution in [0.4, 0.5) is 5.82 Å². The van der Waals surface area contributed by atoms with E-state index in [9.17, 15) is 0 Å². The lowest BCUT2D eigenvalue weighted by Crippen LogP contribution is -2.23. The van der Waals surface area contributed by atoms with Crippen LogP contribution in [0.2, 0.25) is 0 Å². The molecule has 0 aliphatic rings. The Bertz CT molecular complexity index is 746. The number of pyridine rings is 1. The van der Waals surface area contributed by atoms with Gasteiger partial charge in [0.15, 0.2) is 0 Å². The fourth-order valence-corrected chi connectivity index (χ4v) is 3.44. The largest absolute Gasteiger partial charge is 0.348 e. The first kappa shape index (κ1) is 19.2. The van der Waals surface area contributed by atoms with Gasteiger partial charge in [-0.2, -0.15) is 0 Å². The molecule has 140 valence electrons. The summed E-state index contributed by atoms with van der Waals surface area (Å²) in [5.41, 5.74) is 5.24. The van der Waals surface area contributed by atoms with Gasteiger partial charge in [-0.15, -0.1) is 0 Å². The van der Waals surface area contributed by atoms with Crippen LogP contribution >= 0.6 is 0 Å². The Hall–Kier alpha value is -2.61. The van der Waals surface area contributed by atoms with E-state index >= 15 is 0 Å². The van der Waals surface area contributed by atoms with Gasteiger partial charge in [-0.1, -0.05) is 87.4 Å². The molecule has 0 bridgehead atoms. The van der Waals surface area contributed by atoms with Crippen molar-refractivity contribution in [1.29, 1.82) is 0 Å². The molecule has 0 aliphatic carbocycles. The standard InChI is InChI=1S/C25H30N2/c1-3-11-23-17-24(12-4-2)26-25(18-23)27(19-21-13-7-5-8-14-21)20-22-15-9-6-10-16-22/h5-10,13-18H,3-4,11-12,19-20H2,1-2H3. The lowest BCUT2D eigenvalue weighted by molar-refractivity contribution is 0.768. The van der Waals surface area contributed by atoms with E-state index in [1.165, 1.54) is 22.4 Å². The molecule has 27 heavy (non-hydrogen) atoms. The second-order valence-electron chi connectivity index (χ2n) is 7.15. The van der Waals surface area contributed by atoms with Gasteiger partial charge in [0.25, 0.3) is 0 Å². The van der Waals surface area contributed by atoms with E-state index in [4.69, 9.17) is 4.98 Å². The van der Waals surface area contributed by atoms with Crippen LogP contribution < -0.4 is 4.90 Å². The number of benzene rings is 2. The number of anilines is 1. The van der Waals surface area contributed by atoms with E-state index in [-0.39, 0.29) is 0 Å². The van der Waals surface area contributed by atoms with E-state index in [2.05, 4.69) is 91.5 Å². The minimum atomic E-state index is 0.865. The zero-order valence-corrected chi connectivity index (χ0v) is 16.6. The molecule has 3 aromatic rings. The molecule has 1 heterocycles. The lowest BCUT2D eigenvalue weighted by Gasteiger charge is -2.25. The van der Waals surface area contributed by atoms with Crippen LogP contribution in [-0.2, 0) is 25.9 Å². The monoisotopic (exact) mass is 358 g/mol. The summed E-state index contributed by atoms with van der Waals surface area (Å²) in [5, 5.41) is 0. The van der Waals surface area contributed by atoms with Crippen LogP contribution in [0.15, 0.2) is 72.8 Å². The number of aromatic nitrogens is 1. The lowest BCUT2D eigenvalue weighted by atomic mass is 10.1. The Labute approximate surface area is 163 Å². The van der Waals surface area contributed by atoms with Gasteiger partial charge >= 0.3 is 0 Å². The number of aryl methyl sites for hydroxylation is 2. The Balaban J connectivity index is 1.95. The highest BCUT2D eigenvalue weighted by Gasteiger charge is 2.12. The maximum Gasteiger partial charge on any atom is 0.129 e. The van der Waals surface area contributed by atoms with E-state index < -0.39 is 0 Å². The fourth-order valence-electron chi connectivity index (χ4n) is 3.44. The van der Waals surface area contributed by atoms with Crippen molar-refractivity contribution in [2.45, 2.75) is 52.6 Å². The third-order valence-electron chi connectivity index (χ3n) is 4.73. The predicted molar refractivity (Wildman–Crippen MR) is 115 cm³/mol. The van der Waals surface area contributed by atoms with Gasteiger partial charge in [0.1, 0.15) is 5.82 Å². The molecule has 0 saturated carbocycles. The third kappa shape index (κ3) is 5.68. The summed E-state index contributed by atoms with van der Waals surface area (Å²) >= 11 is 0. The molecular formula is C25H30N2. The van der Waals surface area contributed by atoms with Crippen molar-refractivity contribution < 1.29 is 0 Å². The molecule has 0 spiro atoms. The van der Waals surface area contributed by atoms with Gasteiger partial charge in [-0.25, -0.2) is 4.98 Å². The van der Waals surface area contributed by atoms with Gasteiger partial charge in [-0.05, 0) is 41.7 Å². The first-order chi connectivity index (χ1) is 13.3. The minimum absolute atomic E-state index is 0.865. The van der Waals surface area contributed by atoms with E-state index in [0.717, 1.165) is 44.6 Å². The number of hydrogen-bond acceptors (Lipinski definition) is 2. The minimum Gasteiger partial charge on any atom is -0.348 e. The van der Waals surface area contributed by atoms with Crippen molar-refractivity contribution >= 4 is 5.82 Å². The first-order valence-corrected chi connectivity index (χ1v) is 10.1. The van der Waals surface area contributed by atoms with Crippen molar-refractivity contribution in [2.24, 2.45) is 0 Å². The summed E-state index contributed by atoms with van der Waals surface area (Å²) in [5.74, 6) is 1.09. The molecule has 0 fully saturated rings. The Kier molecular flexibility index (Phi) is 7.04. The summed E-state index contributed by atoms with van der Waals surface area (Å²) in [6.07, 6.45) is 4.43. The van der Waals surface area contributed by atoms with Crippen LogP contribution in [0.25, 0.3) is 0 Å². The van der Waals surface area contributed by atoms with Gasteiger partial charge in [0.2, 0.25) is 0 Å². The second-order valence-corrected chi connectivity index (χ2v) is 7.15. The van der Waals surface area contributed by atoms with Crippen molar-refractivity contribution in [1.82, 2.24) is 4.98 Å². The maximum absolute atomic E-state index is 5.02. The van der Waals surface area contributed by atoms with Gasteiger partial charge in [-0.3, -0.25) is 0 Å². The molecule has 0 atom stereocenters. The van der Waals surface area contributed by atoms with Crippen LogP contribution in [0.5, 0.6) is 0 Å².